The van der Waals surface area contributed by atoms with Gasteiger partial charge in [-0.1, -0.05) is 59.6 Å². The lowest BCUT2D eigenvalue weighted by molar-refractivity contribution is 0.472. The van der Waals surface area contributed by atoms with Crippen LogP contribution >= 0.6 is 27.5 Å². The summed E-state index contributed by atoms with van der Waals surface area (Å²) in [6, 6.07) is 12.1. The number of hydrogen-bond donors (Lipinski definition) is 0. The monoisotopic (exact) mass is 352 g/mol. The molecule has 0 heterocycles. The van der Waals surface area contributed by atoms with E-state index in [0.29, 0.717) is 5.92 Å². The van der Waals surface area contributed by atoms with E-state index in [1.54, 1.807) is 0 Å². The minimum absolute atomic E-state index is 0.419. The zero-order chi connectivity index (χ0) is 14.7. The molecule has 0 unspecified atom stereocenters. The highest BCUT2D eigenvalue weighted by Crippen LogP contribution is 2.33. The topological polar surface area (TPSA) is 9.23 Å². The highest BCUT2D eigenvalue weighted by atomic mass is 79.9. The number of ether oxygens (including phenoxy) is 1. The van der Waals surface area contributed by atoms with E-state index in [1.807, 2.05) is 18.2 Å². The molecule has 0 saturated carbocycles. The van der Waals surface area contributed by atoms with Crippen molar-refractivity contribution in [2.45, 2.75) is 32.0 Å². The molecule has 3 heteroatoms. The van der Waals surface area contributed by atoms with Gasteiger partial charge < -0.3 is 4.74 Å². The van der Waals surface area contributed by atoms with Crippen LogP contribution in [-0.2, 0) is 5.33 Å². The summed E-state index contributed by atoms with van der Waals surface area (Å²) in [7, 11) is 0. The van der Waals surface area contributed by atoms with Gasteiger partial charge in [0.25, 0.3) is 0 Å². The maximum Gasteiger partial charge on any atom is 0.131 e. The van der Waals surface area contributed by atoms with Crippen LogP contribution in [0.25, 0.3) is 0 Å². The predicted octanol–water partition coefficient (Wildman–Crippen LogP) is 6.46. The molecule has 20 heavy (non-hydrogen) atoms. The molecule has 0 spiro atoms. The standard InChI is InChI=1S/C17H18BrClO/c1-11(2)15-7-4-12(3)8-17(15)20-14-6-5-13(10-18)16(19)9-14/h4-9,11H,10H2,1-3H3. The van der Waals surface area contributed by atoms with Gasteiger partial charge in [0.2, 0.25) is 0 Å². The van der Waals surface area contributed by atoms with Gasteiger partial charge in [-0.3, -0.25) is 0 Å². The van der Waals surface area contributed by atoms with E-state index >= 15 is 0 Å². The maximum atomic E-state index is 6.22. The molecule has 0 fully saturated rings. The van der Waals surface area contributed by atoms with Crippen LogP contribution in [-0.4, -0.2) is 0 Å². The van der Waals surface area contributed by atoms with E-state index in [9.17, 15) is 0 Å². The molecule has 2 aromatic rings. The molecule has 1 nitrogen and oxygen atoms in total. The van der Waals surface area contributed by atoms with Crippen molar-refractivity contribution in [1.82, 2.24) is 0 Å². The van der Waals surface area contributed by atoms with Crippen LogP contribution in [0, 0.1) is 6.92 Å². The number of hydrogen-bond acceptors (Lipinski definition) is 1. The van der Waals surface area contributed by atoms with Gasteiger partial charge in [0.05, 0.1) is 0 Å². The molecule has 2 aromatic carbocycles. The van der Waals surface area contributed by atoms with Crippen LogP contribution < -0.4 is 4.74 Å². The Balaban J connectivity index is 2.34. The van der Waals surface area contributed by atoms with Gasteiger partial charge in [-0.15, -0.1) is 0 Å². The Morgan fingerprint density at radius 1 is 1.15 bits per heavy atom. The number of benzene rings is 2. The van der Waals surface area contributed by atoms with Crippen molar-refractivity contribution >= 4 is 27.5 Å². The molecule has 2 rings (SSSR count). The molecule has 0 radical (unpaired) electrons. The van der Waals surface area contributed by atoms with Crippen LogP contribution in [0.3, 0.4) is 0 Å². The first kappa shape index (κ1) is 15.4. The molecule has 0 N–H and O–H groups in total. The molecule has 106 valence electrons. The van der Waals surface area contributed by atoms with Crippen molar-refractivity contribution in [3.8, 4) is 11.5 Å². The quantitative estimate of drug-likeness (QED) is 0.573. The van der Waals surface area contributed by atoms with Gasteiger partial charge in [-0.2, -0.15) is 0 Å². The van der Waals surface area contributed by atoms with Gasteiger partial charge in [-0.25, -0.2) is 0 Å². The van der Waals surface area contributed by atoms with Crippen molar-refractivity contribution in [2.75, 3.05) is 0 Å². The van der Waals surface area contributed by atoms with Crippen LogP contribution in [0.2, 0.25) is 5.02 Å². The van der Waals surface area contributed by atoms with Crippen LogP contribution in [0.15, 0.2) is 36.4 Å². The first-order valence-corrected chi connectivity index (χ1v) is 8.14. The van der Waals surface area contributed by atoms with Crippen LogP contribution in [0.4, 0.5) is 0 Å². The van der Waals surface area contributed by atoms with E-state index in [4.69, 9.17) is 16.3 Å². The molecular formula is C17H18BrClO. The molecule has 0 aliphatic rings. The second kappa shape index (κ2) is 6.64. The summed E-state index contributed by atoms with van der Waals surface area (Å²) < 4.78 is 6.03. The first-order valence-electron chi connectivity index (χ1n) is 6.64. The number of alkyl halides is 1. The molecule has 0 bridgehead atoms. The summed E-state index contributed by atoms with van der Waals surface area (Å²) in [5, 5.41) is 1.46. The Labute approximate surface area is 134 Å². The van der Waals surface area contributed by atoms with Gasteiger partial charge in [-0.05, 0) is 47.7 Å². The second-order valence-corrected chi connectivity index (χ2v) is 6.15. The summed E-state index contributed by atoms with van der Waals surface area (Å²) >= 11 is 9.63. The molecule has 0 atom stereocenters. The van der Waals surface area contributed by atoms with Crippen molar-refractivity contribution in [3.05, 3.63) is 58.1 Å². The average molecular weight is 354 g/mol. The molecule has 0 amide bonds. The van der Waals surface area contributed by atoms with Crippen molar-refractivity contribution in [3.63, 3.8) is 0 Å². The van der Waals surface area contributed by atoms with Gasteiger partial charge in [0.15, 0.2) is 0 Å². The van der Waals surface area contributed by atoms with Gasteiger partial charge in [0, 0.05) is 10.4 Å². The Morgan fingerprint density at radius 2 is 1.90 bits per heavy atom. The molecule has 0 saturated heterocycles. The molecular weight excluding hydrogens is 336 g/mol. The van der Waals surface area contributed by atoms with Crippen molar-refractivity contribution < 1.29 is 4.74 Å². The fraction of sp³-hybridized carbons (Fsp3) is 0.294. The molecule has 0 aliphatic carbocycles. The van der Waals surface area contributed by atoms with E-state index in [0.717, 1.165) is 27.4 Å². The summed E-state index contributed by atoms with van der Waals surface area (Å²) in [6.45, 7) is 6.40. The first-order chi connectivity index (χ1) is 9.51. The number of rotatable bonds is 4. The van der Waals surface area contributed by atoms with Gasteiger partial charge in [0.1, 0.15) is 11.5 Å². The normalized spacial score (nSPS) is 10.9. The van der Waals surface area contributed by atoms with E-state index in [1.165, 1.54) is 11.1 Å². The Morgan fingerprint density at radius 3 is 2.50 bits per heavy atom. The third kappa shape index (κ3) is 3.56. The Kier molecular flexibility index (Phi) is 5.11. The van der Waals surface area contributed by atoms with E-state index in [-0.39, 0.29) is 0 Å². The minimum atomic E-state index is 0.419. The lowest BCUT2D eigenvalue weighted by atomic mass is 10.0. The minimum Gasteiger partial charge on any atom is -0.457 e. The number of halogens is 2. The maximum absolute atomic E-state index is 6.22. The Bertz CT molecular complexity index is 608. The lowest BCUT2D eigenvalue weighted by Gasteiger charge is -2.15. The second-order valence-electron chi connectivity index (χ2n) is 5.18. The van der Waals surface area contributed by atoms with Crippen molar-refractivity contribution in [2.24, 2.45) is 0 Å². The van der Waals surface area contributed by atoms with Crippen LogP contribution in [0.5, 0.6) is 11.5 Å². The lowest BCUT2D eigenvalue weighted by Crippen LogP contribution is -1.95. The van der Waals surface area contributed by atoms with E-state index < -0.39 is 0 Å². The zero-order valence-corrected chi connectivity index (χ0v) is 14.3. The molecule has 0 aliphatic heterocycles. The fourth-order valence-corrected chi connectivity index (χ4v) is 2.92. The number of aryl methyl sites for hydroxylation is 1. The summed E-state index contributed by atoms with van der Waals surface area (Å²) in [5.74, 6) is 2.10. The summed E-state index contributed by atoms with van der Waals surface area (Å²) in [5.41, 5.74) is 3.45. The average Bonchev–Trinajstić information content (AvgIpc) is 2.38. The highest BCUT2D eigenvalue weighted by Gasteiger charge is 2.10. The summed E-state index contributed by atoms with van der Waals surface area (Å²) in [6.07, 6.45) is 0. The zero-order valence-electron chi connectivity index (χ0n) is 11.9. The third-order valence-corrected chi connectivity index (χ3v) is 4.14. The smallest absolute Gasteiger partial charge is 0.131 e. The van der Waals surface area contributed by atoms with Crippen molar-refractivity contribution in [1.29, 1.82) is 0 Å². The Hall–Kier alpha value is -0.990. The largest absolute Gasteiger partial charge is 0.457 e. The third-order valence-electron chi connectivity index (χ3n) is 3.19. The predicted molar refractivity (Wildman–Crippen MR) is 89.4 cm³/mol. The molecule has 0 aromatic heterocycles. The summed E-state index contributed by atoms with van der Waals surface area (Å²) in [4.78, 5) is 0. The fourth-order valence-electron chi connectivity index (χ4n) is 2.03. The van der Waals surface area contributed by atoms with E-state index in [2.05, 4.69) is 54.9 Å². The van der Waals surface area contributed by atoms with Crippen LogP contribution in [0.1, 0.15) is 36.5 Å². The SMILES string of the molecule is Cc1ccc(C(C)C)c(Oc2ccc(CBr)c(Cl)c2)c1. The highest BCUT2D eigenvalue weighted by molar-refractivity contribution is 9.08. The van der Waals surface area contributed by atoms with Gasteiger partial charge >= 0.3 is 0 Å².